The molecule has 1 aromatic heterocycles. The van der Waals surface area contributed by atoms with E-state index in [1.165, 1.54) is 17.3 Å². The predicted molar refractivity (Wildman–Crippen MR) is 112 cm³/mol. The van der Waals surface area contributed by atoms with Crippen molar-refractivity contribution in [2.45, 2.75) is 25.1 Å². The number of thioether (sulfide) groups is 1. The summed E-state index contributed by atoms with van der Waals surface area (Å²) in [4.78, 5) is 12.1. The second-order valence-electron chi connectivity index (χ2n) is 6.32. The van der Waals surface area contributed by atoms with E-state index < -0.39 is 0 Å². The van der Waals surface area contributed by atoms with Crippen molar-refractivity contribution >= 4 is 35.0 Å². The molecule has 0 bridgehead atoms. The van der Waals surface area contributed by atoms with Crippen molar-refractivity contribution in [2.24, 2.45) is 7.05 Å². The van der Waals surface area contributed by atoms with Gasteiger partial charge in [-0.05, 0) is 50.2 Å². The fourth-order valence-electron chi connectivity index (χ4n) is 2.54. The number of nitrogens with zero attached hydrogens (tertiary/aromatic N) is 3. The first-order valence-electron chi connectivity index (χ1n) is 8.73. The van der Waals surface area contributed by atoms with E-state index in [0.717, 1.165) is 5.75 Å². The number of carbonyl (C=O) groups excluding carboxylic acids is 1. The third kappa shape index (κ3) is 5.27. The number of aryl methyl sites for hydroxylation is 1. The van der Waals surface area contributed by atoms with E-state index >= 15 is 0 Å². The number of halogens is 1. The summed E-state index contributed by atoms with van der Waals surface area (Å²) in [6.07, 6.45) is -0.266. The molecule has 0 aliphatic rings. The van der Waals surface area contributed by atoms with Crippen LogP contribution in [0.15, 0.2) is 53.7 Å². The standard InChI is InChI=1S/C20H21ClN4O2S/c1-13-4-10-17(11-5-13)27-14(2)19-23-24-20(25(19)3)28-12-18(26)22-16-8-6-15(21)7-9-16/h4-11,14H,12H2,1-3H3,(H,22,26). The third-order valence-electron chi connectivity index (χ3n) is 4.03. The number of anilines is 1. The van der Waals surface area contributed by atoms with E-state index in [9.17, 15) is 4.79 Å². The van der Waals surface area contributed by atoms with Crippen molar-refractivity contribution < 1.29 is 9.53 Å². The number of hydrogen-bond acceptors (Lipinski definition) is 5. The Morgan fingerprint density at radius 2 is 1.86 bits per heavy atom. The Bertz CT molecular complexity index is 942. The molecular weight excluding hydrogens is 396 g/mol. The lowest BCUT2D eigenvalue weighted by molar-refractivity contribution is -0.113. The van der Waals surface area contributed by atoms with Crippen LogP contribution in [0.1, 0.15) is 24.4 Å². The van der Waals surface area contributed by atoms with Crippen molar-refractivity contribution in [2.75, 3.05) is 11.1 Å². The maximum Gasteiger partial charge on any atom is 0.234 e. The van der Waals surface area contributed by atoms with Crippen molar-refractivity contribution in [3.05, 3.63) is 64.9 Å². The fraction of sp³-hybridized carbons (Fsp3) is 0.250. The Kier molecular flexibility index (Phi) is 6.59. The van der Waals surface area contributed by atoms with Gasteiger partial charge in [-0.15, -0.1) is 10.2 Å². The molecule has 1 amide bonds. The molecule has 2 aromatic carbocycles. The smallest absolute Gasteiger partial charge is 0.234 e. The molecule has 0 fully saturated rings. The van der Waals surface area contributed by atoms with Gasteiger partial charge in [0, 0.05) is 17.8 Å². The van der Waals surface area contributed by atoms with E-state index in [1.54, 1.807) is 24.3 Å². The van der Waals surface area contributed by atoms with Crippen LogP contribution in [-0.4, -0.2) is 26.4 Å². The van der Waals surface area contributed by atoms with Crippen LogP contribution in [0, 0.1) is 6.92 Å². The molecular formula is C20H21ClN4O2S. The second kappa shape index (κ2) is 9.12. The van der Waals surface area contributed by atoms with E-state index in [2.05, 4.69) is 15.5 Å². The van der Waals surface area contributed by atoms with Gasteiger partial charge < -0.3 is 14.6 Å². The summed E-state index contributed by atoms with van der Waals surface area (Å²) in [5.41, 5.74) is 1.88. The molecule has 146 valence electrons. The van der Waals surface area contributed by atoms with Crippen LogP contribution < -0.4 is 10.1 Å². The van der Waals surface area contributed by atoms with Crippen LogP contribution in [0.25, 0.3) is 0 Å². The topological polar surface area (TPSA) is 69.0 Å². The first-order valence-corrected chi connectivity index (χ1v) is 10.1. The average molecular weight is 417 g/mol. The Balaban J connectivity index is 1.57. The normalized spacial score (nSPS) is 11.9. The highest BCUT2D eigenvalue weighted by atomic mass is 35.5. The lowest BCUT2D eigenvalue weighted by atomic mass is 10.2. The van der Waals surface area contributed by atoms with Gasteiger partial charge in [-0.1, -0.05) is 41.1 Å². The van der Waals surface area contributed by atoms with Crippen LogP contribution in [0.5, 0.6) is 5.75 Å². The minimum absolute atomic E-state index is 0.124. The van der Waals surface area contributed by atoms with Crippen LogP contribution >= 0.6 is 23.4 Å². The first-order chi connectivity index (χ1) is 13.4. The molecule has 1 unspecified atom stereocenters. The Morgan fingerprint density at radius 1 is 1.18 bits per heavy atom. The highest BCUT2D eigenvalue weighted by molar-refractivity contribution is 7.99. The number of aromatic nitrogens is 3. The zero-order chi connectivity index (χ0) is 20.1. The first kappa shape index (κ1) is 20.2. The number of hydrogen-bond donors (Lipinski definition) is 1. The van der Waals surface area contributed by atoms with Crippen LogP contribution in [-0.2, 0) is 11.8 Å². The number of benzene rings is 2. The molecule has 1 N–H and O–H groups in total. The van der Waals surface area contributed by atoms with Gasteiger partial charge in [0.1, 0.15) is 5.75 Å². The third-order valence-corrected chi connectivity index (χ3v) is 5.30. The summed E-state index contributed by atoms with van der Waals surface area (Å²) in [5, 5.41) is 12.5. The molecule has 3 aromatic rings. The molecule has 0 spiro atoms. The minimum atomic E-state index is -0.266. The lowest BCUT2D eigenvalue weighted by Gasteiger charge is -2.14. The van der Waals surface area contributed by atoms with Crippen LogP contribution in [0.2, 0.25) is 5.02 Å². The second-order valence-corrected chi connectivity index (χ2v) is 7.70. The average Bonchev–Trinajstić information content (AvgIpc) is 3.04. The van der Waals surface area contributed by atoms with Crippen LogP contribution in [0.3, 0.4) is 0 Å². The minimum Gasteiger partial charge on any atom is -0.483 e. The molecule has 0 saturated heterocycles. The number of rotatable bonds is 7. The summed E-state index contributed by atoms with van der Waals surface area (Å²) in [7, 11) is 1.86. The largest absolute Gasteiger partial charge is 0.483 e. The predicted octanol–water partition coefficient (Wildman–Crippen LogP) is 4.65. The van der Waals surface area contributed by atoms with Gasteiger partial charge in [-0.25, -0.2) is 0 Å². The van der Waals surface area contributed by atoms with E-state index in [1.807, 2.05) is 49.7 Å². The van der Waals surface area contributed by atoms with Gasteiger partial charge in [0.05, 0.1) is 5.75 Å². The highest BCUT2D eigenvalue weighted by Gasteiger charge is 2.18. The SMILES string of the molecule is Cc1ccc(OC(C)c2nnc(SCC(=O)Nc3ccc(Cl)cc3)n2C)cc1. The molecule has 8 heteroatoms. The van der Waals surface area contributed by atoms with E-state index in [0.29, 0.717) is 21.7 Å². The Hall–Kier alpha value is -2.51. The molecule has 0 radical (unpaired) electrons. The molecule has 28 heavy (non-hydrogen) atoms. The Morgan fingerprint density at radius 3 is 2.54 bits per heavy atom. The summed E-state index contributed by atoms with van der Waals surface area (Å²) < 4.78 is 7.79. The monoisotopic (exact) mass is 416 g/mol. The van der Waals surface area contributed by atoms with Gasteiger partial charge in [0.15, 0.2) is 17.1 Å². The maximum atomic E-state index is 12.1. The van der Waals surface area contributed by atoms with Crippen LogP contribution in [0.4, 0.5) is 5.69 Å². The zero-order valence-corrected chi connectivity index (χ0v) is 17.4. The number of carbonyl (C=O) groups is 1. The molecule has 0 saturated carbocycles. The number of ether oxygens (including phenoxy) is 1. The molecule has 0 aliphatic heterocycles. The molecule has 3 rings (SSSR count). The van der Waals surface area contributed by atoms with Crippen molar-refractivity contribution in [3.63, 3.8) is 0 Å². The molecule has 1 atom stereocenters. The molecule has 6 nitrogen and oxygen atoms in total. The number of amides is 1. The van der Waals surface area contributed by atoms with Gasteiger partial charge in [-0.3, -0.25) is 4.79 Å². The Labute approximate surface area is 173 Å². The van der Waals surface area contributed by atoms with Gasteiger partial charge in [-0.2, -0.15) is 0 Å². The highest BCUT2D eigenvalue weighted by Crippen LogP contribution is 2.24. The molecule has 0 aliphatic carbocycles. The van der Waals surface area contributed by atoms with Gasteiger partial charge in [0.2, 0.25) is 5.91 Å². The van der Waals surface area contributed by atoms with Crippen molar-refractivity contribution in [3.8, 4) is 5.75 Å². The van der Waals surface area contributed by atoms with Gasteiger partial charge in [0.25, 0.3) is 0 Å². The van der Waals surface area contributed by atoms with E-state index in [-0.39, 0.29) is 17.8 Å². The van der Waals surface area contributed by atoms with Crippen molar-refractivity contribution in [1.82, 2.24) is 14.8 Å². The quantitative estimate of drug-likeness (QED) is 0.568. The summed E-state index contributed by atoms with van der Waals surface area (Å²) in [5.74, 6) is 1.57. The van der Waals surface area contributed by atoms with Crippen molar-refractivity contribution in [1.29, 1.82) is 0 Å². The number of nitrogens with one attached hydrogen (secondary N) is 1. The van der Waals surface area contributed by atoms with Gasteiger partial charge >= 0.3 is 0 Å². The lowest BCUT2D eigenvalue weighted by Crippen LogP contribution is -2.14. The zero-order valence-electron chi connectivity index (χ0n) is 15.8. The summed E-state index contributed by atoms with van der Waals surface area (Å²) in [6, 6.07) is 14.8. The fourth-order valence-corrected chi connectivity index (χ4v) is 3.38. The maximum absolute atomic E-state index is 12.1. The summed E-state index contributed by atoms with van der Waals surface area (Å²) >= 11 is 7.17. The molecule has 1 heterocycles. The van der Waals surface area contributed by atoms with E-state index in [4.69, 9.17) is 16.3 Å². The summed E-state index contributed by atoms with van der Waals surface area (Å²) in [6.45, 7) is 3.95.